The van der Waals surface area contributed by atoms with E-state index in [-0.39, 0.29) is 16.3 Å². The number of hydrogen-bond acceptors (Lipinski definition) is 7. The summed E-state index contributed by atoms with van der Waals surface area (Å²) in [5.74, 6) is 0.569. The van der Waals surface area contributed by atoms with Crippen LogP contribution in [0.4, 0.5) is 10.8 Å². The van der Waals surface area contributed by atoms with Crippen LogP contribution in [0.1, 0.15) is 10.4 Å². The van der Waals surface area contributed by atoms with Crippen LogP contribution in [0.2, 0.25) is 5.02 Å². The van der Waals surface area contributed by atoms with Gasteiger partial charge in [-0.15, -0.1) is 11.3 Å². The molecule has 0 radical (unpaired) electrons. The third-order valence-corrected chi connectivity index (χ3v) is 4.90. The van der Waals surface area contributed by atoms with Gasteiger partial charge in [0, 0.05) is 23.1 Å². The smallest absolute Gasteiger partial charge is 0.270 e. The fourth-order valence-corrected chi connectivity index (χ4v) is 3.34. The fourth-order valence-electron chi connectivity index (χ4n) is 2.42. The Hall–Kier alpha value is -3.17. The topological polar surface area (TPSA) is 104 Å². The molecule has 1 amide bonds. The highest BCUT2D eigenvalue weighted by Gasteiger charge is 2.17. The molecule has 3 rings (SSSR count). The molecule has 0 saturated heterocycles. The van der Waals surface area contributed by atoms with Gasteiger partial charge in [0.15, 0.2) is 16.6 Å². The maximum Gasteiger partial charge on any atom is 0.270 e. The number of nitrogens with one attached hydrogen (secondary N) is 1. The Kier molecular flexibility index (Phi) is 5.76. The summed E-state index contributed by atoms with van der Waals surface area (Å²) in [7, 11) is 3.09. The molecule has 0 bridgehead atoms. The van der Waals surface area contributed by atoms with Crippen LogP contribution in [0, 0.1) is 10.1 Å². The van der Waals surface area contributed by atoms with Gasteiger partial charge < -0.3 is 9.47 Å². The van der Waals surface area contributed by atoms with E-state index in [1.807, 2.05) is 6.07 Å². The van der Waals surface area contributed by atoms with E-state index in [1.54, 1.807) is 24.6 Å². The van der Waals surface area contributed by atoms with E-state index in [2.05, 4.69) is 10.3 Å². The highest BCUT2D eigenvalue weighted by Crippen LogP contribution is 2.33. The first-order valence-corrected chi connectivity index (χ1v) is 9.12. The number of amides is 1. The Morgan fingerprint density at radius 1 is 1.18 bits per heavy atom. The Bertz CT molecular complexity index is 1050. The van der Waals surface area contributed by atoms with Crippen molar-refractivity contribution in [1.82, 2.24) is 4.98 Å². The Morgan fingerprint density at radius 2 is 1.93 bits per heavy atom. The standard InChI is InChI=1S/C18H14ClN3O5S/c1-26-15-6-3-10(7-16(15)27-2)14-9-28-18(20-14)21-17(23)12-8-11(22(24)25)4-5-13(12)19/h3-9H,1-2H3,(H,20,21,23). The molecule has 0 aliphatic rings. The minimum Gasteiger partial charge on any atom is -0.493 e. The number of halogens is 1. The number of methoxy groups -OCH3 is 2. The first kappa shape index (κ1) is 19.6. The first-order valence-electron chi connectivity index (χ1n) is 7.86. The summed E-state index contributed by atoms with van der Waals surface area (Å²) in [5, 5.41) is 15.7. The average molecular weight is 420 g/mol. The van der Waals surface area contributed by atoms with Gasteiger partial charge in [-0.2, -0.15) is 0 Å². The van der Waals surface area contributed by atoms with Crippen LogP contribution in [0.25, 0.3) is 11.3 Å². The van der Waals surface area contributed by atoms with Gasteiger partial charge in [-0.3, -0.25) is 20.2 Å². The van der Waals surface area contributed by atoms with E-state index in [0.717, 1.165) is 11.6 Å². The van der Waals surface area contributed by atoms with Crippen LogP contribution in [0.3, 0.4) is 0 Å². The van der Waals surface area contributed by atoms with Crippen LogP contribution < -0.4 is 14.8 Å². The van der Waals surface area contributed by atoms with Gasteiger partial charge >= 0.3 is 0 Å². The quantitative estimate of drug-likeness (QED) is 0.461. The molecular formula is C18H14ClN3O5S. The normalized spacial score (nSPS) is 10.4. The molecule has 144 valence electrons. The largest absolute Gasteiger partial charge is 0.493 e. The summed E-state index contributed by atoms with van der Waals surface area (Å²) in [6.07, 6.45) is 0. The van der Waals surface area contributed by atoms with Crippen molar-refractivity contribution in [3.05, 3.63) is 62.5 Å². The molecule has 8 nitrogen and oxygen atoms in total. The minimum atomic E-state index is -0.592. The average Bonchev–Trinajstić information content (AvgIpc) is 3.15. The minimum absolute atomic E-state index is 0.00117. The second kappa shape index (κ2) is 8.24. The van der Waals surface area contributed by atoms with E-state index in [9.17, 15) is 14.9 Å². The lowest BCUT2D eigenvalue weighted by atomic mass is 10.1. The molecule has 0 saturated carbocycles. The number of benzene rings is 2. The molecule has 1 N–H and O–H groups in total. The monoisotopic (exact) mass is 419 g/mol. The zero-order valence-electron chi connectivity index (χ0n) is 14.8. The number of nitro benzene ring substituents is 1. The summed E-state index contributed by atoms with van der Waals surface area (Å²) in [4.78, 5) is 27.1. The molecule has 1 heterocycles. The van der Waals surface area contributed by atoms with Crippen LogP contribution in [0.15, 0.2) is 41.8 Å². The molecule has 0 atom stereocenters. The molecule has 3 aromatic rings. The van der Waals surface area contributed by atoms with Gasteiger partial charge in [-0.05, 0) is 24.3 Å². The van der Waals surface area contributed by atoms with Gasteiger partial charge in [-0.1, -0.05) is 11.6 Å². The molecule has 0 fully saturated rings. The molecule has 0 aliphatic heterocycles. The number of anilines is 1. The number of nitro groups is 1. The lowest BCUT2D eigenvalue weighted by Crippen LogP contribution is -2.12. The number of nitrogens with zero attached hydrogens (tertiary/aromatic N) is 2. The molecular weight excluding hydrogens is 406 g/mol. The number of non-ortho nitro benzene ring substituents is 1. The van der Waals surface area contributed by atoms with Crippen molar-refractivity contribution in [3.63, 3.8) is 0 Å². The van der Waals surface area contributed by atoms with Crippen molar-refractivity contribution in [3.8, 4) is 22.8 Å². The zero-order valence-corrected chi connectivity index (χ0v) is 16.3. The van der Waals surface area contributed by atoms with E-state index in [1.165, 1.54) is 30.6 Å². The molecule has 2 aromatic carbocycles. The van der Waals surface area contributed by atoms with Crippen molar-refractivity contribution in [2.75, 3.05) is 19.5 Å². The fraction of sp³-hybridized carbons (Fsp3) is 0.111. The lowest BCUT2D eigenvalue weighted by Gasteiger charge is -2.08. The van der Waals surface area contributed by atoms with E-state index in [4.69, 9.17) is 21.1 Å². The summed E-state index contributed by atoms with van der Waals surface area (Å²) >= 11 is 7.21. The predicted octanol–water partition coefficient (Wildman–Crippen LogP) is 4.64. The predicted molar refractivity (Wildman–Crippen MR) is 107 cm³/mol. The Morgan fingerprint density at radius 3 is 2.61 bits per heavy atom. The molecule has 1 aromatic heterocycles. The Labute approximate surface area is 168 Å². The van der Waals surface area contributed by atoms with Crippen molar-refractivity contribution < 1.29 is 19.2 Å². The number of hydrogen-bond donors (Lipinski definition) is 1. The summed E-state index contributed by atoms with van der Waals surface area (Å²) in [5.41, 5.74) is 1.19. The maximum atomic E-state index is 12.5. The lowest BCUT2D eigenvalue weighted by molar-refractivity contribution is -0.384. The zero-order chi connectivity index (χ0) is 20.3. The number of carbonyl (C=O) groups is 1. The van der Waals surface area contributed by atoms with Gasteiger partial charge in [0.05, 0.1) is 35.4 Å². The van der Waals surface area contributed by atoms with Crippen LogP contribution >= 0.6 is 22.9 Å². The molecule has 0 aliphatic carbocycles. The van der Waals surface area contributed by atoms with Gasteiger partial charge in [0.2, 0.25) is 0 Å². The number of thiazole rings is 1. The van der Waals surface area contributed by atoms with E-state index < -0.39 is 10.8 Å². The first-order chi connectivity index (χ1) is 13.4. The summed E-state index contributed by atoms with van der Waals surface area (Å²) in [6, 6.07) is 9.02. The number of aromatic nitrogens is 1. The van der Waals surface area contributed by atoms with Crippen LogP contribution in [-0.4, -0.2) is 30.0 Å². The van der Waals surface area contributed by atoms with Crippen molar-refractivity contribution in [2.24, 2.45) is 0 Å². The molecule has 0 unspecified atom stereocenters. The van der Waals surface area contributed by atoms with Crippen LogP contribution in [0.5, 0.6) is 11.5 Å². The third kappa shape index (κ3) is 4.05. The third-order valence-electron chi connectivity index (χ3n) is 3.81. The van der Waals surface area contributed by atoms with Crippen molar-refractivity contribution in [1.29, 1.82) is 0 Å². The second-order valence-electron chi connectivity index (χ2n) is 5.48. The SMILES string of the molecule is COc1ccc(-c2csc(NC(=O)c3cc([N+](=O)[O-])ccc3Cl)n2)cc1OC. The van der Waals surface area contributed by atoms with E-state index >= 15 is 0 Å². The number of carbonyl (C=O) groups excluding carboxylic acids is 1. The van der Waals surface area contributed by atoms with Crippen molar-refractivity contribution in [2.45, 2.75) is 0 Å². The summed E-state index contributed by atoms with van der Waals surface area (Å²) < 4.78 is 10.5. The van der Waals surface area contributed by atoms with Crippen molar-refractivity contribution >= 4 is 39.7 Å². The Balaban J connectivity index is 1.83. The highest BCUT2D eigenvalue weighted by atomic mass is 35.5. The van der Waals surface area contributed by atoms with Gasteiger partial charge in [-0.25, -0.2) is 4.98 Å². The van der Waals surface area contributed by atoms with Crippen LogP contribution in [-0.2, 0) is 0 Å². The van der Waals surface area contributed by atoms with Gasteiger partial charge in [0.1, 0.15) is 0 Å². The molecule has 28 heavy (non-hydrogen) atoms. The maximum absolute atomic E-state index is 12.5. The number of ether oxygens (including phenoxy) is 2. The highest BCUT2D eigenvalue weighted by molar-refractivity contribution is 7.14. The number of rotatable bonds is 6. The second-order valence-corrected chi connectivity index (χ2v) is 6.75. The molecule has 10 heteroatoms. The summed E-state index contributed by atoms with van der Waals surface area (Å²) in [6.45, 7) is 0. The molecule has 0 spiro atoms. The van der Waals surface area contributed by atoms with Gasteiger partial charge in [0.25, 0.3) is 11.6 Å². The van der Waals surface area contributed by atoms with E-state index in [0.29, 0.717) is 22.3 Å².